The number of benzene rings is 1. The molecule has 2 rings (SSSR count). The molecule has 24 heavy (non-hydrogen) atoms. The number of hydrogen-bond donors (Lipinski definition) is 2. The highest BCUT2D eigenvalue weighted by Crippen LogP contribution is 2.31. The van der Waals surface area contributed by atoms with Crippen LogP contribution in [0.2, 0.25) is 0 Å². The fraction of sp³-hybridized carbons (Fsp3) is 0.250. The molecule has 1 aromatic carbocycles. The summed E-state index contributed by atoms with van der Waals surface area (Å²) >= 11 is 1.01. The van der Waals surface area contributed by atoms with Gasteiger partial charge in [0.15, 0.2) is 5.13 Å². The maximum absolute atomic E-state index is 13.0. The van der Waals surface area contributed by atoms with E-state index in [-0.39, 0.29) is 23.9 Å². The highest BCUT2D eigenvalue weighted by atomic mass is 32.1. The van der Waals surface area contributed by atoms with Gasteiger partial charge in [0.05, 0.1) is 0 Å². The van der Waals surface area contributed by atoms with Crippen molar-refractivity contribution in [2.45, 2.75) is 19.8 Å². The quantitative estimate of drug-likeness (QED) is 0.835. The minimum absolute atomic E-state index is 0.100. The Hall–Kier alpha value is -2.79. The standard InChI is InChI=1S/C16H14FN3O3S/c1-9(2-7-13(21)22)15(23)20-16-19-14(12(8-18)24-16)10-3-5-11(17)6-4-10/h3-6,9H,2,7H2,1H3,(H,21,22)(H,19,20,23)/t9-/m0/s1. The number of carbonyl (C=O) groups excluding carboxylic acids is 1. The van der Waals surface area contributed by atoms with Gasteiger partial charge in [0.25, 0.3) is 0 Å². The van der Waals surface area contributed by atoms with E-state index in [2.05, 4.69) is 10.3 Å². The molecule has 2 N–H and O–H groups in total. The number of rotatable bonds is 6. The van der Waals surface area contributed by atoms with E-state index in [0.29, 0.717) is 16.1 Å². The molecule has 8 heteroatoms. The van der Waals surface area contributed by atoms with Crippen LogP contribution in [0.4, 0.5) is 9.52 Å². The number of thiazole rings is 1. The monoisotopic (exact) mass is 347 g/mol. The number of carboxylic acid groups (broad SMARTS) is 1. The average Bonchev–Trinajstić information content (AvgIpc) is 2.96. The molecule has 1 amide bonds. The summed E-state index contributed by atoms with van der Waals surface area (Å²) in [5, 5.41) is 20.7. The molecule has 0 bridgehead atoms. The van der Waals surface area contributed by atoms with Gasteiger partial charge in [0.2, 0.25) is 5.91 Å². The number of carboxylic acids is 1. The third kappa shape index (κ3) is 4.36. The maximum Gasteiger partial charge on any atom is 0.303 e. The van der Waals surface area contributed by atoms with E-state index in [1.165, 1.54) is 24.3 Å². The lowest BCUT2D eigenvalue weighted by molar-refractivity contribution is -0.137. The fourth-order valence-corrected chi connectivity index (χ4v) is 2.74. The van der Waals surface area contributed by atoms with Crippen molar-refractivity contribution < 1.29 is 19.1 Å². The van der Waals surface area contributed by atoms with Gasteiger partial charge in [-0.3, -0.25) is 9.59 Å². The summed E-state index contributed by atoms with van der Waals surface area (Å²) in [5.74, 6) is -2.22. The summed E-state index contributed by atoms with van der Waals surface area (Å²) in [6.45, 7) is 1.62. The van der Waals surface area contributed by atoms with Crippen molar-refractivity contribution in [2.75, 3.05) is 5.32 Å². The van der Waals surface area contributed by atoms with E-state index in [0.717, 1.165) is 11.3 Å². The van der Waals surface area contributed by atoms with Crippen LogP contribution in [-0.2, 0) is 9.59 Å². The van der Waals surface area contributed by atoms with Crippen molar-refractivity contribution in [3.63, 3.8) is 0 Å². The Morgan fingerprint density at radius 1 is 1.42 bits per heavy atom. The molecule has 0 aliphatic carbocycles. The SMILES string of the molecule is C[C@@H](CCC(=O)O)C(=O)Nc1nc(-c2ccc(F)cc2)c(C#N)s1. The number of nitrogens with zero attached hydrogens (tertiary/aromatic N) is 2. The Labute approximate surface area is 141 Å². The fourth-order valence-electron chi connectivity index (χ4n) is 1.95. The largest absolute Gasteiger partial charge is 0.481 e. The number of anilines is 1. The summed E-state index contributed by atoms with van der Waals surface area (Å²) in [6.07, 6.45) is 0.110. The van der Waals surface area contributed by atoms with Crippen LogP contribution in [0.1, 0.15) is 24.6 Å². The van der Waals surface area contributed by atoms with E-state index in [1.807, 2.05) is 6.07 Å². The van der Waals surface area contributed by atoms with Crippen LogP contribution in [0.5, 0.6) is 0 Å². The molecule has 0 spiro atoms. The highest BCUT2D eigenvalue weighted by Gasteiger charge is 2.18. The molecule has 0 aliphatic rings. The first-order valence-corrected chi connectivity index (χ1v) is 7.92. The average molecular weight is 347 g/mol. The third-order valence-corrected chi connectivity index (χ3v) is 4.19. The van der Waals surface area contributed by atoms with Crippen molar-refractivity contribution >= 4 is 28.3 Å². The molecular formula is C16H14FN3O3S. The number of halogens is 1. The summed E-state index contributed by atoms with van der Waals surface area (Å²) in [7, 11) is 0. The lowest BCUT2D eigenvalue weighted by Gasteiger charge is -2.08. The van der Waals surface area contributed by atoms with Gasteiger partial charge in [-0.25, -0.2) is 9.37 Å². The van der Waals surface area contributed by atoms with E-state index in [9.17, 15) is 19.2 Å². The van der Waals surface area contributed by atoms with Gasteiger partial charge in [0.1, 0.15) is 22.5 Å². The molecule has 2 aromatic rings. The van der Waals surface area contributed by atoms with Gasteiger partial charge in [-0.1, -0.05) is 18.3 Å². The molecule has 0 radical (unpaired) electrons. The van der Waals surface area contributed by atoms with E-state index in [1.54, 1.807) is 6.92 Å². The van der Waals surface area contributed by atoms with Crippen LogP contribution in [0.25, 0.3) is 11.3 Å². The van der Waals surface area contributed by atoms with Gasteiger partial charge < -0.3 is 10.4 Å². The van der Waals surface area contributed by atoms with Gasteiger partial charge in [-0.2, -0.15) is 5.26 Å². The normalized spacial score (nSPS) is 11.5. The molecular weight excluding hydrogens is 333 g/mol. The molecule has 0 saturated carbocycles. The summed E-state index contributed by atoms with van der Waals surface area (Å²) < 4.78 is 13.0. The predicted molar refractivity (Wildman–Crippen MR) is 86.9 cm³/mol. The zero-order chi connectivity index (χ0) is 17.7. The molecule has 0 fully saturated rings. The maximum atomic E-state index is 13.0. The Balaban J connectivity index is 2.15. The molecule has 0 saturated heterocycles. The van der Waals surface area contributed by atoms with Crippen LogP contribution >= 0.6 is 11.3 Å². The Morgan fingerprint density at radius 2 is 2.08 bits per heavy atom. The number of carbonyl (C=O) groups is 2. The number of hydrogen-bond acceptors (Lipinski definition) is 5. The molecule has 6 nitrogen and oxygen atoms in total. The lowest BCUT2D eigenvalue weighted by Crippen LogP contribution is -2.21. The zero-order valence-corrected chi connectivity index (χ0v) is 13.6. The van der Waals surface area contributed by atoms with Crippen molar-refractivity contribution in [2.24, 2.45) is 5.92 Å². The number of amides is 1. The van der Waals surface area contributed by atoms with Gasteiger partial charge >= 0.3 is 5.97 Å². The Morgan fingerprint density at radius 3 is 2.67 bits per heavy atom. The number of aliphatic carboxylic acids is 1. The van der Waals surface area contributed by atoms with E-state index < -0.39 is 17.7 Å². The first-order valence-electron chi connectivity index (χ1n) is 7.10. The van der Waals surface area contributed by atoms with Crippen molar-refractivity contribution in [1.82, 2.24) is 4.98 Å². The zero-order valence-electron chi connectivity index (χ0n) is 12.7. The van der Waals surface area contributed by atoms with Crippen molar-refractivity contribution in [1.29, 1.82) is 5.26 Å². The second kappa shape index (κ2) is 7.66. The Bertz CT molecular complexity index is 796. The predicted octanol–water partition coefficient (Wildman–Crippen LogP) is 3.26. The van der Waals surface area contributed by atoms with Crippen LogP contribution in [0.15, 0.2) is 24.3 Å². The van der Waals surface area contributed by atoms with Crippen LogP contribution in [0.3, 0.4) is 0 Å². The molecule has 1 heterocycles. The second-order valence-electron chi connectivity index (χ2n) is 5.14. The lowest BCUT2D eigenvalue weighted by atomic mass is 10.1. The number of aromatic nitrogens is 1. The van der Waals surface area contributed by atoms with Crippen LogP contribution in [0, 0.1) is 23.1 Å². The van der Waals surface area contributed by atoms with E-state index >= 15 is 0 Å². The van der Waals surface area contributed by atoms with E-state index in [4.69, 9.17) is 5.11 Å². The molecule has 1 atom stereocenters. The summed E-state index contributed by atoms with van der Waals surface area (Å²) in [5.41, 5.74) is 0.944. The summed E-state index contributed by atoms with van der Waals surface area (Å²) in [4.78, 5) is 27.1. The molecule has 1 aromatic heterocycles. The smallest absolute Gasteiger partial charge is 0.303 e. The van der Waals surface area contributed by atoms with Gasteiger partial charge in [-0.15, -0.1) is 0 Å². The molecule has 124 valence electrons. The topological polar surface area (TPSA) is 103 Å². The minimum Gasteiger partial charge on any atom is -0.481 e. The van der Waals surface area contributed by atoms with Crippen molar-refractivity contribution in [3.05, 3.63) is 35.0 Å². The van der Waals surface area contributed by atoms with Gasteiger partial charge in [0, 0.05) is 17.9 Å². The Kier molecular flexibility index (Phi) is 5.60. The summed E-state index contributed by atoms with van der Waals surface area (Å²) in [6, 6.07) is 7.55. The molecule has 0 unspecified atom stereocenters. The first-order chi connectivity index (χ1) is 11.4. The third-order valence-electron chi connectivity index (χ3n) is 3.32. The van der Waals surface area contributed by atoms with Crippen molar-refractivity contribution in [3.8, 4) is 17.3 Å². The van der Waals surface area contributed by atoms with Crippen LogP contribution < -0.4 is 5.32 Å². The highest BCUT2D eigenvalue weighted by molar-refractivity contribution is 7.16. The first kappa shape index (κ1) is 17.6. The number of nitriles is 1. The van der Waals surface area contributed by atoms with Gasteiger partial charge in [-0.05, 0) is 30.7 Å². The second-order valence-corrected chi connectivity index (χ2v) is 6.14. The minimum atomic E-state index is -0.964. The molecule has 0 aliphatic heterocycles. The van der Waals surface area contributed by atoms with Crippen LogP contribution in [-0.4, -0.2) is 22.0 Å². The number of nitrogens with one attached hydrogen (secondary N) is 1.